The number of hydrogen-bond acceptors (Lipinski definition) is 2. The second-order valence-corrected chi connectivity index (χ2v) is 5.21. The van der Waals surface area contributed by atoms with Crippen LogP contribution in [0.2, 0.25) is 0 Å². The van der Waals surface area contributed by atoms with Crippen molar-refractivity contribution in [2.75, 3.05) is 7.11 Å². The van der Waals surface area contributed by atoms with Gasteiger partial charge in [-0.1, -0.05) is 0 Å². The number of ether oxygens (including phenoxy) is 1. The summed E-state index contributed by atoms with van der Waals surface area (Å²) in [6, 6.07) is 15.5. The Morgan fingerprint density at radius 2 is 1.88 bits per heavy atom. The van der Waals surface area contributed by atoms with Gasteiger partial charge in [0.1, 0.15) is 0 Å². The molecule has 2 rings (SSSR count). The van der Waals surface area contributed by atoms with Crippen molar-refractivity contribution in [3.63, 3.8) is 0 Å². The van der Waals surface area contributed by atoms with Crippen molar-refractivity contribution in [1.29, 1.82) is 0 Å². The molecule has 0 saturated carbocycles. The molecule has 0 radical (unpaired) electrons. The fourth-order valence-corrected chi connectivity index (χ4v) is 2.44. The molecule has 0 amide bonds. The molecule has 1 N–H and O–H groups in total. The maximum atomic E-state index is 10.4. The molecule has 2 nitrogen and oxygen atoms in total. The van der Waals surface area contributed by atoms with Crippen LogP contribution in [0.4, 0.5) is 0 Å². The maximum absolute atomic E-state index is 10.4. The summed E-state index contributed by atoms with van der Waals surface area (Å²) < 4.78 is 6.46. The molecule has 3 heteroatoms. The number of rotatable bonds is 3. The molecule has 0 bridgehead atoms. The molecule has 2 aromatic carbocycles. The van der Waals surface area contributed by atoms with E-state index in [0.717, 1.165) is 11.1 Å². The van der Waals surface area contributed by atoms with Crippen LogP contribution in [-0.2, 0) is 0 Å². The van der Waals surface area contributed by atoms with Crippen LogP contribution in [-0.4, -0.2) is 29.1 Å². The summed E-state index contributed by atoms with van der Waals surface area (Å²) in [5.74, 6) is 0.715. The van der Waals surface area contributed by atoms with E-state index in [4.69, 9.17) is 4.74 Å². The molecule has 2 aromatic rings. The Kier molecular flexibility index (Phi) is 3.88. The number of hydrogen-bond donors (Lipinski definition) is 1. The average Bonchev–Trinajstić information content (AvgIpc) is 2.38. The van der Waals surface area contributed by atoms with Gasteiger partial charge < -0.3 is 0 Å². The number of aliphatic hydroxyl groups is 1. The van der Waals surface area contributed by atoms with Crippen LogP contribution in [0.15, 0.2) is 48.5 Å². The Hall–Kier alpha value is -1.24. The van der Waals surface area contributed by atoms with E-state index in [1.165, 1.54) is 4.35 Å². The van der Waals surface area contributed by atoms with E-state index in [-0.39, 0.29) is 0 Å². The third kappa shape index (κ3) is 2.71. The Morgan fingerprint density at radius 1 is 1.12 bits per heavy atom. The van der Waals surface area contributed by atoms with Gasteiger partial charge >= 0.3 is 110 Å². The molecule has 0 heterocycles. The molecule has 17 heavy (non-hydrogen) atoms. The fraction of sp³-hybridized carbons (Fsp3) is 0.143. The van der Waals surface area contributed by atoms with Gasteiger partial charge in [0.05, 0.1) is 0 Å². The van der Waals surface area contributed by atoms with Gasteiger partial charge in [0, 0.05) is 0 Å². The quantitative estimate of drug-likeness (QED) is 0.856. The molecule has 0 aromatic heterocycles. The summed E-state index contributed by atoms with van der Waals surface area (Å²) in [4.78, 5) is 0. The van der Waals surface area contributed by atoms with Crippen LogP contribution in [0.25, 0.3) is 0 Å². The average molecular weight is 290 g/mol. The molecule has 88 valence electrons. The number of benzene rings is 2. The van der Waals surface area contributed by atoms with Crippen molar-refractivity contribution in [1.82, 2.24) is 0 Å². The number of para-hydroxylation sites is 1. The van der Waals surface area contributed by atoms with Gasteiger partial charge in [-0.25, -0.2) is 0 Å². The van der Waals surface area contributed by atoms with Crippen molar-refractivity contribution in [2.45, 2.75) is 6.10 Å². The van der Waals surface area contributed by atoms with Gasteiger partial charge in [-0.3, -0.25) is 0 Å². The summed E-state index contributed by atoms with van der Waals surface area (Å²) in [6.45, 7) is 0. The van der Waals surface area contributed by atoms with Crippen LogP contribution in [0.3, 0.4) is 0 Å². The fourth-order valence-electron chi connectivity index (χ4n) is 1.80. The van der Waals surface area contributed by atoms with Crippen LogP contribution in [0, 0.1) is 0 Å². The van der Waals surface area contributed by atoms with Crippen molar-refractivity contribution in [2.24, 2.45) is 0 Å². The van der Waals surface area contributed by atoms with E-state index in [9.17, 15) is 5.11 Å². The second-order valence-electron chi connectivity index (χ2n) is 3.81. The van der Waals surface area contributed by atoms with E-state index in [1.54, 1.807) is 24.0 Å². The third-order valence-electron chi connectivity index (χ3n) is 2.66. The van der Waals surface area contributed by atoms with Crippen molar-refractivity contribution < 1.29 is 9.84 Å². The predicted octanol–water partition coefficient (Wildman–Crippen LogP) is 1.04. The Balaban J connectivity index is 2.40. The van der Waals surface area contributed by atoms with E-state index in [1.807, 2.05) is 48.5 Å². The first-order valence-corrected chi connectivity index (χ1v) is 6.60. The first-order valence-electron chi connectivity index (χ1n) is 5.39. The summed E-state index contributed by atoms with van der Waals surface area (Å²) >= 11 is 1.55. The summed E-state index contributed by atoms with van der Waals surface area (Å²) in [7, 11) is 1.62. The van der Waals surface area contributed by atoms with Crippen LogP contribution in [0.5, 0.6) is 5.75 Å². The summed E-state index contributed by atoms with van der Waals surface area (Å²) in [5, 5.41) is 10.4. The Labute approximate surface area is 110 Å². The van der Waals surface area contributed by atoms with Crippen LogP contribution >= 0.6 is 0 Å². The molecule has 0 saturated heterocycles. The SMILES string of the molecule is COc1ccccc1C(O)c1cccc([AsH2])c1. The van der Waals surface area contributed by atoms with Crippen LogP contribution < -0.4 is 9.09 Å². The van der Waals surface area contributed by atoms with Crippen molar-refractivity contribution in [3.8, 4) is 5.75 Å². The van der Waals surface area contributed by atoms with Crippen molar-refractivity contribution >= 4 is 21.2 Å². The zero-order chi connectivity index (χ0) is 12.3. The molecule has 0 fully saturated rings. The van der Waals surface area contributed by atoms with E-state index < -0.39 is 6.10 Å². The molecular weight excluding hydrogens is 275 g/mol. The third-order valence-corrected chi connectivity index (χ3v) is 3.41. The minimum atomic E-state index is -0.637. The molecule has 2 atom stereocenters. The monoisotopic (exact) mass is 290 g/mol. The van der Waals surface area contributed by atoms with Crippen molar-refractivity contribution in [3.05, 3.63) is 59.7 Å². The van der Waals surface area contributed by atoms with Gasteiger partial charge in [0.15, 0.2) is 0 Å². The first kappa shape index (κ1) is 12.2. The molecule has 0 aliphatic heterocycles. The molecular formula is C14H15AsO2. The summed E-state index contributed by atoms with van der Waals surface area (Å²) in [6.07, 6.45) is -0.637. The van der Waals surface area contributed by atoms with Gasteiger partial charge in [-0.05, 0) is 0 Å². The molecule has 0 spiro atoms. The topological polar surface area (TPSA) is 29.5 Å². The standard InChI is InChI=1S/C14H15AsO2/c1-17-13-8-3-2-7-12(13)14(16)10-5-4-6-11(15)9-10/h2-9,14,16H,15H2,1H3. The zero-order valence-electron chi connectivity index (χ0n) is 9.63. The zero-order valence-corrected chi connectivity index (χ0v) is 12.1. The minimum absolute atomic E-state index is 0.637. The van der Waals surface area contributed by atoms with Gasteiger partial charge in [0.2, 0.25) is 0 Å². The Morgan fingerprint density at radius 3 is 2.59 bits per heavy atom. The predicted molar refractivity (Wildman–Crippen MR) is 71.7 cm³/mol. The van der Waals surface area contributed by atoms with Crippen LogP contribution in [0.1, 0.15) is 17.2 Å². The summed E-state index contributed by atoms with van der Waals surface area (Å²) in [5.41, 5.74) is 1.70. The van der Waals surface area contributed by atoms with Gasteiger partial charge in [-0.15, -0.1) is 0 Å². The van der Waals surface area contributed by atoms with Gasteiger partial charge in [0.25, 0.3) is 0 Å². The number of aliphatic hydroxyl groups excluding tert-OH is 1. The normalized spacial score (nSPS) is 12.2. The van der Waals surface area contributed by atoms with E-state index in [0.29, 0.717) is 5.75 Å². The number of methoxy groups -OCH3 is 1. The molecule has 2 unspecified atom stereocenters. The van der Waals surface area contributed by atoms with E-state index >= 15 is 0 Å². The first-order chi connectivity index (χ1) is 8.22. The molecule has 0 aliphatic rings. The second kappa shape index (κ2) is 5.39. The Bertz CT molecular complexity index is 511. The molecule has 0 aliphatic carbocycles. The van der Waals surface area contributed by atoms with Gasteiger partial charge in [-0.2, -0.15) is 0 Å². The van der Waals surface area contributed by atoms with E-state index in [2.05, 4.69) is 0 Å².